The van der Waals surface area contributed by atoms with Gasteiger partial charge in [-0.2, -0.15) is 5.10 Å². The van der Waals surface area contributed by atoms with Crippen molar-refractivity contribution in [2.75, 3.05) is 6.54 Å². The number of rotatable bonds is 6. The third-order valence-corrected chi connectivity index (χ3v) is 5.23. The van der Waals surface area contributed by atoms with Gasteiger partial charge in [-0.15, -0.1) is 11.3 Å². The highest BCUT2D eigenvalue weighted by Gasteiger charge is 2.16. The van der Waals surface area contributed by atoms with Gasteiger partial charge in [0.15, 0.2) is 0 Å². The molecule has 0 spiro atoms. The molecule has 0 aliphatic rings. The van der Waals surface area contributed by atoms with E-state index in [1.807, 2.05) is 17.7 Å². The molecule has 0 fully saturated rings. The summed E-state index contributed by atoms with van der Waals surface area (Å²) in [6.45, 7) is 7.46. The maximum atomic E-state index is 13.1. The smallest absolute Gasteiger partial charge is 0.261 e. The van der Waals surface area contributed by atoms with Gasteiger partial charge in [0, 0.05) is 11.9 Å². The fraction of sp³-hybridized carbons (Fsp3) is 0.368. The number of hydrogen-bond donors (Lipinski definition) is 1. The number of halogens is 1. The molecule has 1 amide bonds. The monoisotopic (exact) mass is 359 g/mol. The minimum atomic E-state index is -0.248. The van der Waals surface area contributed by atoms with Crippen LogP contribution in [0.3, 0.4) is 0 Å². The highest BCUT2D eigenvalue weighted by Crippen LogP contribution is 2.28. The average Bonchev–Trinajstić information content (AvgIpc) is 3.11. The van der Waals surface area contributed by atoms with Gasteiger partial charge in [0.25, 0.3) is 5.91 Å². The predicted octanol–water partition coefficient (Wildman–Crippen LogP) is 4.37. The molecule has 132 valence electrons. The SMILES string of the molecule is Cc1nn(Cc2ccc(F)cc2)c2sc(C(=O)NCCC(C)C)cc12. The van der Waals surface area contributed by atoms with Crippen LogP contribution >= 0.6 is 11.3 Å². The van der Waals surface area contributed by atoms with E-state index in [1.54, 1.807) is 12.1 Å². The molecule has 2 aromatic heterocycles. The maximum Gasteiger partial charge on any atom is 0.261 e. The molecule has 25 heavy (non-hydrogen) atoms. The molecule has 0 atom stereocenters. The second-order valence-electron chi connectivity index (χ2n) is 6.64. The fourth-order valence-electron chi connectivity index (χ4n) is 2.66. The Balaban J connectivity index is 1.80. The molecule has 6 heteroatoms. The van der Waals surface area contributed by atoms with E-state index in [0.29, 0.717) is 23.9 Å². The first-order chi connectivity index (χ1) is 11.9. The van der Waals surface area contributed by atoms with Crippen LogP contribution in [0.2, 0.25) is 0 Å². The molecule has 0 unspecified atom stereocenters. The molecular formula is C19H22FN3OS. The third kappa shape index (κ3) is 4.07. The topological polar surface area (TPSA) is 46.9 Å². The summed E-state index contributed by atoms with van der Waals surface area (Å²) in [5, 5.41) is 8.53. The Hall–Kier alpha value is -2.21. The van der Waals surface area contributed by atoms with E-state index in [1.165, 1.54) is 23.5 Å². The standard InChI is InChI=1S/C19H22FN3OS/c1-12(2)8-9-21-18(24)17-10-16-13(3)22-23(19(16)25-17)11-14-4-6-15(20)7-5-14/h4-7,10,12H,8-9,11H2,1-3H3,(H,21,24). The first-order valence-electron chi connectivity index (χ1n) is 8.43. The lowest BCUT2D eigenvalue weighted by atomic mass is 10.1. The Kier molecular flexibility index (Phi) is 5.18. The van der Waals surface area contributed by atoms with Gasteiger partial charge in [-0.05, 0) is 43.0 Å². The molecule has 1 N–H and O–H groups in total. The van der Waals surface area contributed by atoms with E-state index < -0.39 is 0 Å². The molecule has 3 aromatic rings. The van der Waals surface area contributed by atoms with Crippen LogP contribution in [0.15, 0.2) is 30.3 Å². The zero-order valence-corrected chi connectivity index (χ0v) is 15.5. The molecule has 0 aliphatic carbocycles. The second-order valence-corrected chi connectivity index (χ2v) is 7.67. The van der Waals surface area contributed by atoms with Crippen molar-refractivity contribution in [1.82, 2.24) is 15.1 Å². The predicted molar refractivity (Wildman–Crippen MR) is 99.6 cm³/mol. The summed E-state index contributed by atoms with van der Waals surface area (Å²) in [5.41, 5.74) is 1.87. The Morgan fingerprint density at radius 2 is 2.04 bits per heavy atom. The number of nitrogens with zero attached hydrogens (tertiary/aromatic N) is 2. The van der Waals surface area contributed by atoms with Crippen LogP contribution in [-0.4, -0.2) is 22.2 Å². The average molecular weight is 359 g/mol. The number of aromatic nitrogens is 2. The van der Waals surface area contributed by atoms with Crippen molar-refractivity contribution in [2.24, 2.45) is 5.92 Å². The Labute approximate surface area is 150 Å². The van der Waals surface area contributed by atoms with Crippen molar-refractivity contribution >= 4 is 27.5 Å². The van der Waals surface area contributed by atoms with E-state index in [0.717, 1.165) is 27.9 Å². The summed E-state index contributed by atoms with van der Waals surface area (Å²) in [6, 6.07) is 8.32. The lowest BCUT2D eigenvalue weighted by Gasteiger charge is -2.05. The third-order valence-electron chi connectivity index (χ3n) is 4.08. The van der Waals surface area contributed by atoms with E-state index in [4.69, 9.17) is 0 Å². The van der Waals surface area contributed by atoms with Crippen molar-refractivity contribution in [3.05, 3.63) is 52.3 Å². The number of amides is 1. The van der Waals surface area contributed by atoms with Crippen LogP contribution in [-0.2, 0) is 6.54 Å². The molecule has 2 heterocycles. The number of thiophene rings is 1. The van der Waals surface area contributed by atoms with Gasteiger partial charge in [-0.3, -0.25) is 9.48 Å². The Bertz CT molecular complexity index is 880. The molecule has 0 bridgehead atoms. The van der Waals surface area contributed by atoms with Crippen LogP contribution in [0.25, 0.3) is 10.2 Å². The van der Waals surface area contributed by atoms with Gasteiger partial charge in [-0.25, -0.2) is 4.39 Å². The quantitative estimate of drug-likeness (QED) is 0.710. The molecule has 0 aliphatic heterocycles. The van der Waals surface area contributed by atoms with Crippen LogP contribution < -0.4 is 5.32 Å². The minimum Gasteiger partial charge on any atom is -0.351 e. The number of fused-ring (bicyclic) bond motifs is 1. The second kappa shape index (κ2) is 7.35. The number of carbonyl (C=O) groups is 1. The highest BCUT2D eigenvalue weighted by atomic mass is 32.1. The highest BCUT2D eigenvalue weighted by molar-refractivity contribution is 7.20. The van der Waals surface area contributed by atoms with Crippen LogP contribution in [0.5, 0.6) is 0 Å². The number of hydrogen-bond acceptors (Lipinski definition) is 3. The molecule has 3 rings (SSSR count). The molecule has 4 nitrogen and oxygen atoms in total. The first-order valence-corrected chi connectivity index (χ1v) is 9.25. The molecule has 0 radical (unpaired) electrons. The van der Waals surface area contributed by atoms with Crippen molar-refractivity contribution in [3.8, 4) is 0 Å². The molecule has 0 saturated carbocycles. The van der Waals surface area contributed by atoms with Crippen LogP contribution in [0.1, 0.15) is 41.2 Å². The maximum absolute atomic E-state index is 13.1. The van der Waals surface area contributed by atoms with Gasteiger partial charge >= 0.3 is 0 Å². The van der Waals surface area contributed by atoms with Gasteiger partial charge < -0.3 is 5.32 Å². The lowest BCUT2D eigenvalue weighted by Crippen LogP contribution is -2.24. The van der Waals surface area contributed by atoms with Gasteiger partial charge in [0.05, 0.1) is 17.1 Å². The van der Waals surface area contributed by atoms with Gasteiger partial charge in [0.1, 0.15) is 10.6 Å². The summed E-state index contributed by atoms with van der Waals surface area (Å²) in [7, 11) is 0. The summed E-state index contributed by atoms with van der Waals surface area (Å²) in [4.78, 5) is 14.0. The van der Waals surface area contributed by atoms with E-state index >= 15 is 0 Å². The van der Waals surface area contributed by atoms with Gasteiger partial charge in [0.2, 0.25) is 0 Å². The van der Waals surface area contributed by atoms with Crippen molar-refractivity contribution < 1.29 is 9.18 Å². The van der Waals surface area contributed by atoms with Crippen molar-refractivity contribution in [3.63, 3.8) is 0 Å². The van der Waals surface area contributed by atoms with Gasteiger partial charge in [-0.1, -0.05) is 26.0 Å². The number of carbonyl (C=O) groups excluding carboxylic acids is 1. The fourth-order valence-corrected chi connectivity index (χ4v) is 3.73. The Morgan fingerprint density at radius 1 is 1.32 bits per heavy atom. The van der Waals surface area contributed by atoms with Crippen molar-refractivity contribution in [2.45, 2.75) is 33.7 Å². The van der Waals surface area contributed by atoms with E-state index in [2.05, 4.69) is 24.3 Å². The van der Waals surface area contributed by atoms with Crippen LogP contribution in [0, 0.1) is 18.7 Å². The van der Waals surface area contributed by atoms with E-state index in [9.17, 15) is 9.18 Å². The summed E-state index contributed by atoms with van der Waals surface area (Å²) < 4.78 is 14.9. The molecule has 1 aromatic carbocycles. The van der Waals surface area contributed by atoms with Crippen LogP contribution in [0.4, 0.5) is 4.39 Å². The normalized spacial score (nSPS) is 11.4. The summed E-state index contributed by atoms with van der Waals surface area (Å²) in [6.07, 6.45) is 0.966. The Morgan fingerprint density at radius 3 is 2.72 bits per heavy atom. The number of aryl methyl sites for hydroxylation is 1. The number of benzene rings is 1. The number of nitrogens with one attached hydrogen (secondary N) is 1. The molecule has 0 saturated heterocycles. The zero-order valence-electron chi connectivity index (χ0n) is 14.7. The first kappa shape index (κ1) is 17.6. The largest absolute Gasteiger partial charge is 0.351 e. The van der Waals surface area contributed by atoms with Crippen molar-refractivity contribution in [1.29, 1.82) is 0 Å². The summed E-state index contributed by atoms with van der Waals surface area (Å²) in [5.74, 6) is 0.283. The molecular weight excluding hydrogens is 337 g/mol. The zero-order chi connectivity index (χ0) is 18.0. The van der Waals surface area contributed by atoms with E-state index in [-0.39, 0.29) is 11.7 Å². The summed E-state index contributed by atoms with van der Waals surface area (Å²) >= 11 is 1.45. The minimum absolute atomic E-state index is 0.0328. The lowest BCUT2D eigenvalue weighted by molar-refractivity contribution is 0.0956.